The minimum absolute atomic E-state index is 0.215. The first-order valence-corrected chi connectivity index (χ1v) is 9.57. The third kappa shape index (κ3) is 3.75. The fourth-order valence-electron chi connectivity index (χ4n) is 3.67. The number of piperidine rings is 1. The van der Waals surface area contributed by atoms with Crippen LogP contribution in [0.1, 0.15) is 32.1 Å². The number of sulfone groups is 1. The summed E-state index contributed by atoms with van der Waals surface area (Å²) >= 11 is 0. The number of halogens is 2. The molecule has 24 heavy (non-hydrogen) atoms. The monoisotopic (exact) mass is 358 g/mol. The molecule has 2 heterocycles. The van der Waals surface area contributed by atoms with E-state index in [1.54, 1.807) is 0 Å². The largest absolute Gasteiger partial charge is 0.341 e. The highest BCUT2D eigenvalue weighted by atomic mass is 32.2. The van der Waals surface area contributed by atoms with E-state index in [9.17, 15) is 22.0 Å². The highest BCUT2D eigenvalue weighted by Crippen LogP contribution is 2.33. The van der Waals surface area contributed by atoms with Crippen molar-refractivity contribution in [3.8, 4) is 0 Å². The lowest BCUT2D eigenvalue weighted by atomic mass is 9.89. The second-order valence-electron chi connectivity index (χ2n) is 6.56. The Morgan fingerprint density at radius 2 is 1.92 bits per heavy atom. The van der Waals surface area contributed by atoms with Crippen molar-refractivity contribution >= 4 is 21.4 Å². The molecule has 2 bridgehead atoms. The maximum Gasteiger partial charge on any atom is 0.341 e. The molecule has 8 heteroatoms. The van der Waals surface area contributed by atoms with Gasteiger partial charge < -0.3 is 10.6 Å². The molecular formula is C16H20F2N2O3S. The van der Waals surface area contributed by atoms with Crippen LogP contribution in [0.2, 0.25) is 0 Å². The standard InChI is InChI=1S/C16H20F2N2O3S/c17-16(18)24(22,23)14-3-1-2-11(9-14)20-15(21)8-10-6-12-4-5-13(7-10)19-12/h1-3,9-10,12-13,16,19H,4-8H2,(H,20,21). The van der Waals surface area contributed by atoms with Gasteiger partial charge in [0, 0.05) is 24.2 Å². The second-order valence-corrected chi connectivity index (χ2v) is 8.48. The number of nitrogens with one attached hydrogen (secondary N) is 2. The Hall–Kier alpha value is -1.54. The van der Waals surface area contributed by atoms with E-state index in [2.05, 4.69) is 10.6 Å². The molecule has 2 fully saturated rings. The Bertz CT molecular complexity index is 712. The molecule has 2 aliphatic heterocycles. The Morgan fingerprint density at radius 1 is 1.25 bits per heavy atom. The van der Waals surface area contributed by atoms with E-state index >= 15 is 0 Å². The molecule has 0 spiro atoms. The van der Waals surface area contributed by atoms with Gasteiger partial charge in [0.1, 0.15) is 0 Å². The van der Waals surface area contributed by atoms with Crippen LogP contribution in [-0.2, 0) is 14.6 Å². The minimum atomic E-state index is -4.66. The Balaban J connectivity index is 1.62. The molecule has 0 aromatic heterocycles. The quantitative estimate of drug-likeness (QED) is 0.848. The molecule has 2 saturated heterocycles. The van der Waals surface area contributed by atoms with E-state index in [4.69, 9.17) is 0 Å². The molecule has 1 aromatic rings. The van der Waals surface area contributed by atoms with E-state index in [1.165, 1.54) is 12.1 Å². The van der Waals surface area contributed by atoms with Crippen LogP contribution in [0.15, 0.2) is 29.2 Å². The molecule has 2 unspecified atom stereocenters. The molecule has 2 aliphatic rings. The van der Waals surface area contributed by atoms with Gasteiger partial charge in [0.25, 0.3) is 0 Å². The molecule has 2 atom stereocenters. The van der Waals surface area contributed by atoms with Crippen LogP contribution >= 0.6 is 0 Å². The summed E-state index contributed by atoms with van der Waals surface area (Å²) in [6, 6.07) is 5.99. The summed E-state index contributed by atoms with van der Waals surface area (Å²) in [4.78, 5) is 11.7. The van der Waals surface area contributed by atoms with Crippen LogP contribution in [0.4, 0.5) is 14.5 Å². The summed E-state index contributed by atoms with van der Waals surface area (Å²) < 4.78 is 48.2. The first kappa shape index (κ1) is 17.3. The van der Waals surface area contributed by atoms with Crippen molar-refractivity contribution < 1.29 is 22.0 Å². The number of hydrogen-bond donors (Lipinski definition) is 2. The molecule has 5 nitrogen and oxygen atoms in total. The lowest BCUT2D eigenvalue weighted by molar-refractivity contribution is -0.117. The van der Waals surface area contributed by atoms with Crippen LogP contribution in [0.5, 0.6) is 0 Å². The predicted octanol–water partition coefficient (Wildman–Crippen LogP) is 2.54. The van der Waals surface area contributed by atoms with Crippen molar-refractivity contribution in [2.45, 2.75) is 54.8 Å². The molecule has 0 radical (unpaired) electrons. The third-order valence-corrected chi connectivity index (χ3v) is 6.11. The van der Waals surface area contributed by atoms with Crippen molar-refractivity contribution in [2.24, 2.45) is 5.92 Å². The zero-order valence-electron chi connectivity index (χ0n) is 13.0. The van der Waals surface area contributed by atoms with Gasteiger partial charge in [-0.2, -0.15) is 8.78 Å². The lowest BCUT2D eigenvalue weighted by Gasteiger charge is -2.28. The number of anilines is 1. The van der Waals surface area contributed by atoms with E-state index in [-0.39, 0.29) is 11.6 Å². The Morgan fingerprint density at radius 3 is 2.54 bits per heavy atom. The number of fused-ring (bicyclic) bond motifs is 2. The van der Waals surface area contributed by atoms with E-state index < -0.39 is 20.5 Å². The summed E-state index contributed by atoms with van der Waals surface area (Å²) in [6.07, 6.45) is 4.58. The van der Waals surface area contributed by atoms with Gasteiger partial charge in [-0.15, -0.1) is 0 Å². The van der Waals surface area contributed by atoms with Gasteiger partial charge in [-0.25, -0.2) is 8.42 Å². The van der Waals surface area contributed by atoms with Crippen LogP contribution < -0.4 is 10.6 Å². The molecular weight excluding hydrogens is 338 g/mol. The lowest BCUT2D eigenvalue weighted by Crippen LogP contribution is -2.39. The molecule has 3 rings (SSSR count). The van der Waals surface area contributed by atoms with Gasteiger partial charge in [-0.1, -0.05) is 6.07 Å². The van der Waals surface area contributed by atoms with Crippen molar-refractivity contribution in [1.82, 2.24) is 5.32 Å². The molecule has 132 valence electrons. The summed E-state index contributed by atoms with van der Waals surface area (Å²) in [5.74, 6) is -3.39. The number of benzene rings is 1. The molecule has 0 saturated carbocycles. The van der Waals surface area contributed by atoms with Crippen LogP contribution in [-0.4, -0.2) is 32.2 Å². The minimum Gasteiger partial charge on any atom is -0.326 e. The molecule has 1 amide bonds. The highest BCUT2D eigenvalue weighted by Gasteiger charge is 2.34. The van der Waals surface area contributed by atoms with Gasteiger partial charge in [0.15, 0.2) is 0 Å². The van der Waals surface area contributed by atoms with Crippen molar-refractivity contribution in [2.75, 3.05) is 5.32 Å². The summed E-state index contributed by atoms with van der Waals surface area (Å²) in [6.45, 7) is 0. The highest BCUT2D eigenvalue weighted by molar-refractivity contribution is 7.91. The van der Waals surface area contributed by atoms with Crippen LogP contribution in [0.25, 0.3) is 0 Å². The number of rotatable bonds is 5. The molecule has 1 aromatic carbocycles. The fraction of sp³-hybridized carbons (Fsp3) is 0.562. The Labute approximate surface area is 139 Å². The maximum atomic E-state index is 12.6. The van der Waals surface area contributed by atoms with Crippen molar-refractivity contribution in [3.63, 3.8) is 0 Å². The van der Waals surface area contributed by atoms with Gasteiger partial charge in [0.2, 0.25) is 15.7 Å². The predicted molar refractivity (Wildman–Crippen MR) is 85.5 cm³/mol. The number of amides is 1. The van der Waals surface area contributed by atoms with Gasteiger partial charge in [0.05, 0.1) is 4.90 Å². The van der Waals surface area contributed by atoms with E-state index in [0.717, 1.165) is 37.8 Å². The summed E-state index contributed by atoms with van der Waals surface area (Å²) in [5, 5.41) is 6.13. The van der Waals surface area contributed by atoms with E-state index in [1.807, 2.05) is 0 Å². The zero-order valence-corrected chi connectivity index (χ0v) is 13.9. The second kappa shape index (κ2) is 6.76. The average Bonchev–Trinajstić information content (AvgIpc) is 2.86. The summed E-state index contributed by atoms with van der Waals surface area (Å²) in [7, 11) is -4.66. The first-order valence-electron chi connectivity index (χ1n) is 8.02. The fourth-order valence-corrected chi connectivity index (χ4v) is 4.43. The third-order valence-electron chi connectivity index (χ3n) is 4.73. The van der Waals surface area contributed by atoms with Crippen molar-refractivity contribution in [1.29, 1.82) is 0 Å². The van der Waals surface area contributed by atoms with Crippen LogP contribution in [0.3, 0.4) is 0 Å². The normalized spacial score (nSPS) is 26.5. The maximum absolute atomic E-state index is 12.6. The molecule has 2 N–H and O–H groups in total. The Kier molecular flexibility index (Phi) is 4.87. The van der Waals surface area contributed by atoms with Gasteiger partial charge in [-0.05, 0) is 49.8 Å². The van der Waals surface area contributed by atoms with Crippen molar-refractivity contribution in [3.05, 3.63) is 24.3 Å². The number of alkyl halides is 2. The van der Waals surface area contributed by atoms with E-state index in [0.29, 0.717) is 24.4 Å². The number of hydrogen-bond acceptors (Lipinski definition) is 4. The van der Waals surface area contributed by atoms with Gasteiger partial charge >= 0.3 is 5.76 Å². The zero-order chi connectivity index (χ0) is 17.3. The SMILES string of the molecule is O=C(CC1CC2CCC(C1)N2)Nc1cccc(S(=O)(=O)C(F)F)c1. The first-order chi connectivity index (χ1) is 11.3. The molecule has 0 aliphatic carbocycles. The number of carbonyl (C=O) groups is 1. The topological polar surface area (TPSA) is 75.3 Å². The smallest absolute Gasteiger partial charge is 0.326 e. The van der Waals surface area contributed by atoms with Crippen LogP contribution in [0, 0.1) is 5.92 Å². The average molecular weight is 358 g/mol. The summed E-state index contributed by atoms with van der Waals surface area (Å²) in [5.41, 5.74) is 0.221. The number of carbonyl (C=O) groups excluding carboxylic acids is 1. The van der Waals surface area contributed by atoms with Gasteiger partial charge in [-0.3, -0.25) is 4.79 Å².